The van der Waals surface area contributed by atoms with E-state index in [0.29, 0.717) is 5.75 Å². The molecular formula is C17H25NO2S. The lowest BCUT2D eigenvalue weighted by Gasteiger charge is -2.27. The Kier molecular flexibility index (Phi) is 5.20. The van der Waals surface area contributed by atoms with Crippen LogP contribution >= 0.6 is 11.8 Å². The average molecular weight is 307 g/mol. The van der Waals surface area contributed by atoms with Crippen molar-refractivity contribution in [1.82, 2.24) is 4.90 Å². The molecule has 0 spiro atoms. The van der Waals surface area contributed by atoms with Crippen LogP contribution in [-0.4, -0.2) is 35.0 Å². The summed E-state index contributed by atoms with van der Waals surface area (Å²) in [5.41, 5.74) is 1.21. The fraction of sp³-hybridized carbons (Fsp3) is 0.588. The highest BCUT2D eigenvalue weighted by atomic mass is 32.2. The highest BCUT2D eigenvalue weighted by molar-refractivity contribution is 8.01. The van der Waals surface area contributed by atoms with Crippen LogP contribution in [-0.2, 0) is 4.79 Å². The van der Waals surface area contributed by atoms with Gasteiger partial charge in [-0.3, -0.25) is 4.79 Å². The molecule has 21 heavy (non-hydrogen) atoms. The molecule has 0 bridgehead atoms. The number of ether oxygens (including phenoxy) is 1. The van der Waals surface area contributed by atoms with Gasteiger partial charge in [-0.05, 0) is 30.5 Å². The molecule has 0 saturated carbocycles. The third kappa shape index (κ3) is 4.40. The molecule has 1 fully saturated rings. The number of carbonyl (C=O) groups is 1. The summed E-state index contributed by atoms with van der Waals surface area (Å²) in [6, 6.07) is 8.32. The second-order valence-electron chi connectivity index (χ2n) is 6.42. The molecule has 0 aromatic heterocycles. The van der Waals surface area contributed by atoms with Gasteiger partial charge < -0.3 is 9.64 Å². The molecule has 1 aliphatic heterocycles. The first-order chi connectivity index (χ1) is 9.90. The summed E-state index contributed by atoms with van der Waals surface area (Å²) >= 11 is 1.72. The zero-order chi connectivity index (χ0) is 15.5. The summed E-state index contributed by atoms with van der Waals surface area (Å²) in [6.07, 6.45) is 2.14. The number of hydrogen-bond acceptors (Lipinski definition) is 3. The number of likely N-dealkylation sites (tertiary alicyclic amines) is 1. The monoisotopic (exact) mass is 307 g/mol. The van der Waals surface area contributed by atoms with Crippen LogP contribution in [0.3, 0.4) is 0 Å². The maximum absolute atomic E-state index is 12.5. The van der Waals surface area contributed by atoms with E-state index < -0.39 is 0 Å². The first-order valence-electron chi connectivity index (χ1n) is 7.48. The van der Waals surface area contributed by atoms with E-state index in [1.54, 1.807) is 18.9 Å². The van der Waals surface area contributed by atoms with E-state index >= 15 is 0 Å². The summed E-state index contributed by atoms with van der Waals surface area (Å²) in [4.78, 5) is 14.5. The zero-order valence-corrected chi connectivity index (χ0v) is 14.2. The predicted octanol–water partition coefficient (Wildman–Crippen LogP) is 3.89. The third-order valence-corrected chi connectivity index (χ3v) is 4.96. The summed E-state index contributed by atoms with van der Waals surface area (Å²) < 4.78 is 5.33. The van der Waals surface area contributed by atoms with Gasteiger partial charge in [0.05, 0.1) is 18.9 Å². The van der Waals surface area contributed by atoms with Crippen molar-refractivity contribution in [3.63, 3.8) is 0 Å². The maximum atomic E-state index is 12.5. The SMILES string of the molecule is COc1ccc(C2CCCN2C(=O)CSC(C)(C)C)cc1. The lowest BCUT2D eigenvalue weighted by atomic mass is 10.0. The quantitative estimate of drug-likeness (QED) is 0.845. The van der Waals surface area contributed by atoms with E-state index in [9.17, 15) is 4.79 Å². The molecule has 3 nitrogen and oxygen atoms in total. The van der Waals surface area contributed by atoms with Gasteiger partial charge >= 0.3 is 0 Å². The minimum absolute atomic E-state index is 0.130. The van der Waals surface area contributed by atoms with Crippen LogP contribution in [0.1, 0.15) is 45.2 Å². The smallest absolute Gasteiger partial charge is 0.233 e. The summed E-state index contributed by atoms with van der Waals surface area (Å²) in [6.45, 7) is 7.32. The Morgan fingerprint density at radius 2 is 2.00 bits per heavy atom. The molecule has 116 valence electrons. The van der Waals surface area contributed by atoms with Gasteiger partial charge in [0.2, 0.25) is 5.91 Å². The summed E-state index contributed by atoms with van der Waals surface area (Å²) in [7, 11) is 1.67. The fourth-order valence-electron chi connectivity index (χ4n) is 2.60. The highest BCUT2D eigenvalue weighted by Crippen LogP contribution is 2.34. The number of benzene rings is 1. The molecule has 0 aliphatic carbocycles. The molecule has 4 heteroatoms. The first kappa shape index (κ1) is 16.2. The van der Waals surface area contributed by atoms with Gasteiger partial charge in [0, 0.05) is 11.3 Å². The molecule has 1 saturated heterocycles. The first-order valence-corrected chi connectivity index (χ1v) is 8.46. The van der Waals surface area contributed by atoms with Crippen LogP contribution in [0.4, 0.5) is 0 Å². The van der Waals surface area contributed by atoms with Crippen molar-refractivity contribution < 1.29 is 9.53 Å². The van der Waals surface area contributed by atoms with Gasteiger partial charge in [-0.25, -0.2) is 0 Å². The Labute approximate surface area is 132 Å². The number of carbonyl (C=O) groups excluding carboxylic acids is 1. The molecule has 2 rings (SSSR count). The van der Waals surface area contributed by atoms with E-state index in [1.165, 1.54) is 5.56 Å². The van der Waals surface area contributed by atoms with E-state index in [2.05, 4.69) is 32.9 Å². The number of hydrogen-bond donors (Lipinski definition) is 0. The Bertz CT molecular complexity index is 479. The molecule has 1 aromatic carbocycles. The molecular weight excluding hydrogens is 282 g/mol. The van der Waals surface area contributed by atoms with Crippen LogP contribution in [0, 0.1) is 0 Å². The Balaban J connectivity index is 2.03. The number of nitrogens with zero attached hydrogens (tertiary/aromatic N) is 1. The van der Waals surface area contributed by atoms with Crippen molar-refractivity contribution >= 4 is 17.7 Å². The zero-order valence-electron chi connectivity index (χ0n) is 13.4. The molecule has 1 amide bonds. The molecule has 1 aromatic rings. The Hall–Kier alpha value is -1.16. The number of amides is 1. The highest BCUT2D eigenvalue weighted by Gasteiger charge is 2.30. The van der Waals surface area contributed by atoms with Gasteiger partial charge in [-0.1, -0.05) is 32.9 Å². The molecule has 0 N–H and O–H groups in total. The van der Waals surface area contributed by atoms with Crippen molar-refractivity contribution in [2.24, 2.45) is 0 Å². The van der Waals surface area contributed by atoms with E-state index in [-0.39, 0.29) is 16.7 Å². The lowest BCUT2D eigenvalue weighted by Crippen LogP contribution is -2.33. The van der Waals surface area contributed by atoms with Crippen molar-refractivity contribution in [1.29, 1.82) is 0 Å². The van der Waals surface area contributed by atoms with Gasteiger partial charge in [-0.2, -0.15) is 0 Å². The summed E-state index contributed by atoms with van der Waals surface area (Å²) in [5, 5.41) is 0. The lowest BCUT2D eigenvalue weighted by molar-refractivity contribution is -0.129. The van der Waals surface area contributed by atoms with Gasteiger partial charge in [0.25, 0.3) is 0 Å². The number of rotatable bonds is 4. The van der Waals surface area contributed by atoms with Crippen molar-refractivity contribution in [3.05, 3.63) is 29.8 Å². The van der Waals surface area contributed by atoms with Crippen LogP contribution in [0.2, 0.25) is 0 Å². The largest absolute Gasteiger partial charge is 0.497 e. The Morgan fingerprint density at radius 1 is 1.33 bits per heavy atom. The van der Waals surface area contributed by atoms with E-state index in [1.807, 2.05) is 17.0 Å². The van der Waals surface area contributed by atoms with E-state index in [4.69, 9.17) is 4.74 Å². The average Bonchev–Trinajstić information content (AvgIpc) is 2.93. The molecule has 1 aliphatic rings. The van der Waals surface area contributed by atoms with Gasteiger partial charge in [0.1, 0.15) is 5.75 Å². The van der Waals surface area contributed by atoms with E-state index in [0.717, 1.165) is 25.1 Å². The topological polar surface area (TPSA) is 29.5 Å². The van der Waals surface area contributed by atoms with Gasteiger partial charge in [-0.15, -0.1) is 11.8 Å². The minimum Gasteiger partial charge on any atom is -0.497 e. The van der Waals surface area contributed by atoms with Crippen molar-refractivity contribution in [2.75, 3.05) is 19.4 Å². The minimum atomic E-state index is 0.130. The molecule has 0 radical (unpaired) electrons. The fourth-order valence-corrected chi connectivity index (χ4v) is 3.32. The summed E-state index contributed by atoms with van der Waals surface area (Å²) in [5.74, 6) is 1.68. The van der Waals surface area contributed by atoms with Crippen LogP contribution in [0.5, 0.6) is 5.75 Å². The van der Waals surface area contributed by atoms with Crippen molar-refractivity contribution in [2.45, 2.75) is 44.4 Å². The van der Waals surface area contributed by atoms with Gasteiger partial charge in [0.15, 0.2) is 0 Å². The number of thioether (sulfide) groups is 1. The third-order valence-electron chi connectivity index (χ3n) is 3.70. The number of methoxy groups -OCH3 is 1. The van der Waals surface area contributed by atoms with Crippen molar-refractivity contribution in [3.8, 4) is 5.75 Å². The molecule has 1 heterocycles. The Morgan fingerprint density at radius 3 is 2.57 bits per heavy atom. The van der Waals surface area contributed by atoms with Crippen LogP contribution in [0.15, 0.2) is 24.3 Å². The second-order valence-corrected chi connectivity index (χ2v) is 8.22. The maximum Gasteiger partial charge on any atom is 0.233 e. The second kappa shape index (κ2) is 6.73. The van der Waals surface area contributed by atoms with Crippen LogP contribution in [0.25, 0.3) is 0 Å². The normalized spacial score (nSPS) is 18.9. The van der Waals surface area contributed by atoms with Crippen LogP contribution < -0.4 is 4.74 Å². The molecule has 1 atom stereocenters. The molecule has 1 unspecified atom stereocenters. The predicted molar refractivity (Wildman–Crippen MR) is 88.9 cm³/mol. The standard InChI is InChI=1S/C17H25NO2S/c1-17(2,3)21-12-16(19)18-11-5-6-15(18)13-7-9-14(20-4)10-8-13/h7-10,15H,5-6,11-12H2,1-4H3.